The molecule has 0 saturated heterocycles. The molecule has 4 rings (SSSR count). The van der Waals surface area contributed by atoms with Gasteiger partial charge in [-0.1, -0.05) is 30.3 Å². The predicted octanol–water partition coefficient (Wildman–Crippen LogP) is 3.78. The van der Waals surface area contributed by atoms with Gasteiger partial charge in [0, 0.05) is 29.3 Å². The highest BCUT2D eigenvalue weighted by Gasteiger charge is 2.32. The van der Waals surface area contributed by atoms with Crippen molar-refractivity contribution < 1.29 is 14.8 Å². The third-order valence-electron chi connectivity index (χ3n) is 5.02. The van der Waals surface area contributed by atoms with Crippen LogP contribution in [0.15, 0.2) is 60.7 Å². The van der Waals surface area contributed by atoms with Gasteiger partial charge in [0.15, 0.2) is 5.11 Å². The van der Waals surface area contributed by atoms with Crippen molar-refractivity contribution in [2.45, 2.75) is 6.04 Å². The maximum atomic E-state index is 10.8. The molecule has 0 radical (unpaired) electrons. The first-order valence-electron chi connectivity index (χ1n) is 9.14. The molecule has 0 aliphatic carbocycles. The number of benzene rings is 3. The van der Waals surface area contributed by atoms with Gasteiger partial charge in [-0.05, 0) is 41.2 Å². The number of nitrogens with one attached hydrogen (secondary N) is 2. The van der Waals surface area contributed by atoms with Crippen LogP contribution in [0.2, 0.25) is 0 Å². The zero-order valence-corrected chi connectivity index (χ0v) is 16.2. The normalized spacial score (nSPS) is 17.8. The van der Waals surface area contributed by atoms with E-state index in [-0.39, 0.29) is 24.3 Å². The van der Waals surface area contributed by atoms with Crippen LogP contribution in [-0.2, 0) is 0 Å². The van der Waals surface area contributed by atoms with Gasteiger partial charge >= 0.3 is 0 Å². The van der Waals surface area contributed by atoms with E-state index in [0.717, 1.165) is 22.1 Å². The Hall–Kier alpha value is -3.23. The van der Waals surface area contributed by atoms with Gasteiger partial charge in [-0.3, -0.25) is 10.1 Å². The lowest BCUT2D eigenvalue weighted by atomic mass is 9.87. The van der Waals surface area contributed by atoms with E-state index in [0.29, 0.717) is 17.4 Å². The summed E-state index contributed by atoms with van der Waals surface area (Å²) in [5, 5.41) is 29.5. The van der Waals surface area contributed by atoms with Gasteiger partial charge in [0.2, 0.25) is 0 Å². The number of anilines is 1. The van der Waals surface area contributed by atoms with Crippen LogP contribution in [-0.4, -0.2) is 28.4 Å². The minimum atomic E-state index is -0.448. The van der Waals surface area contributed by atoms with E-state index < -0.39 is 4.92 Å². The lowest BCUT2D eigenvalue weighted by Crippen LogP contribution is -2.42. The van der Waals surface area contributed by atoms with Crippen LogP contribution in [0.5, 0.6) is 5.75 Å². The van der Waals surface area contributed by atoms with Gasteiger partial charge in [-0.2, -0.15) is 0 Å². The molecule has 2 atom stereocenters. The molecule has 3 N–H and O–H groups in total. The van der Waals surface area contributed by atoms with E-state index >= 15 is 0 Å². The summed E-state index contributed by atoms with van der Waals surface area (Å²) in [5.41, 5.74) is 1.61. The van der Waals surface area contributed by atoms with Crippen molar-refractivity contribution in [2.24, 2.45) is 5.92 Å². The average Bonchev–Trinajstić information content (AvgIpc) is 2.74. The molecule has 0 saturated carbocycles. The fourth-order valence-corrected chi connectivity index (χ4v) is 3.82. The number of non-ortho nitro benzene ring substituents is 1. The number of hydrogen-bond acceptors (Lipinski definition) is 5. The molecule has 1 aliphatic rings. The average molecular weight is 409 g/mol. The molecule has 0 spiro atoms. The number of rotatable bonds is 4. The van der Waals surface area contributed by atoms with Crippen LogP contribution in [0.4, 0.5) is 11.4 Å². The smallest absolute Gasteiger partial charge is 0.269 e. The fourth-order valence-electron chi connectivity index (χ4n) is 3.57. The Balaban J connectivity index is 1.61. The Morgan fingerprint density at radius 1 is 1.17 bits per heavy atom. The molecule has 0 aromatic heterocycles. The van der Waals surface area contributed by atoms with Gasteiger partial charge in [0.05, 0.1) is 24.2 Å². The first kappa shape index (κ1) is 19.1. The number of hydrogen-bond donors (Lipinski definition) is 3. The number of nitrogens with zero attached hydrogens (tertiary/aromatic N) is 1. The van der Waals surface area contributed by atoms with E-state index in [4.69, 9.17) is 17.0 Å². The summed E-state index contributed by atoms with van der Waals surface area (Å²) in [5.74, 6) is 0.592. The summed E-state index contributed by atoms with van der Waals surface area (Å²) in [4.78, 5) is 10.4. The number of nitro groups is 1. The second kappa shape index (κ2) is 8.02. The van der Waals surface area contributed by atoms with Crippen molar-refractivity contribution in [2.75, 3.05) is 18.5 Å². The van der Waals surface area contributed by atoms with E-state index in [2.05, 4.69) is 10.6 Å². The van der Waals surface area contributed by atoms with Crippen LogP contribution in [0.25, 0.3) is 10.8 Å². The van der Waals surface area contributed by atoms with Crippen molar-refractivity contribution >= 4 is 39.5 Å². The largest absolute Gasteiger partial charge is 0.493 e. The van der Waals surface area contributed by atoms with Gasteiger partial charge in [0.25, 0.3) is 5.69 Å². The standard InChI is InChI=1S/C21H19N3O4S/c25-11-14-12-28-18-10-5-13-3-1-2-4-17(13)19(18)20(14)23-21(29)22-15-6-8-16(9-7-15)24(26)27/h1-10,14,20,25H,11-12H2,(H2,22,23,29). The molecule has 8 heteroatoms. The number of ether oxygens (including phenoxy) is 1. The van der Waals surface area contributed by atoms with Crippen molar-refractivity contribution in [1.82, 2.24) is 5.32 Å². The Bertz CT molecular complexity index is 1070. The van der Waals surface area contributed by atoms with E-state index in [9.17, 15) is 15.2 Å². The second-order valence-corrected chi connectivity index (χ2v) is 7.24. The minimum absolute atomic E-state index is 0.0135. The van der Waals surface area contributed by atoms with Crippen LogP contribution in [0.3, 0.4) is 0 Å². The zero-order valence-electron chi connectivity index (χ0n) is 15.4. The first-order chi connectivity index (χ1) is 14.1. The maximum Gasteiger partial charge on any atom is 0.269 e. The highest BCUT2D eigenvalue weighted by Crippen LogP contribution is 2.40. The molecule has 0 bridgehead atoms. The molecule has 148 valence electrons. The molecule has 2 unspecified atom stereocenters. The number of thiocarbonyl (C=S) groups is 1. The predicted molar refractivity (Wildman–Crippen MR) is 115 cm³/mol. The molecule has 3 aromatic carbocycles. The summed E-state index contributed by atoms with van der Waals surface area (Å²) < 4.78 is 5.87. The summed E-state index contributed by atoms with van der Waals surface area (Å²) in [6, 6.07) is 17.7. The quantitative estimate of drug-likeness (QED) is 0.343. The van der Waals surface area contributed by atoms with Gasteiger partial charge in [-0.25, -0.2) is 0 Å². The monoisotopic (exact) mass is 409 g/mol. The Labute approximate surface area is 172 Å². The SMILES string of the molecule is O=[N+]([O-])c1ccc(NC(=S)NC2c3c(ccc4ccccc34)OCC2CO)cc1. The van der Waals surface area contributed by atoms with Crippen LogP contribution in [0.1, 0.15) is 11.6 Å². The van der Waals surface area contributed by atoms with Crippen molar-refractivity contribution in [3.8, 4) is 5.75 Å². The van der Waals surface area contributed by atoms with Gasteiger partial charge in [-0.15, -0.1) is 0 Å². The third-order valence-corrected chi connectivity index (χ3v) is 5.24. The highest BCUT2D eigenvalue weighted by molar-refractivity contribution is 7.80. The summed E-state index contributed by atoms with van der Waals surface area (Å²) >= 11 is 5.48. The molecule has 1 aliphatic heterocycles. The molecule has 7 nitrogen and oxygen atoms in total. The van der Waals surface area contributed by atoms with Crippen LogP contribution >= 0.6 is 12.2 Å². The summed E-state index contributed by atoms with van der Waals surface area (Å²) in [7, 11) is 0. The molecular formula is C21H19N3O4S. The van der Waals surface area contributed by atoms with Crippen molar-refractivity contribution in [3.05, 3.63) is 76.3 Å². The van der Waals surface area contributed by atoms with E-state index in [1.54, 1.807) is 12.1 Å². The number of aliphatic hydroxyl groups excluding tert-OH is 1. The fraction of sp³-hybridized carbons (Fsp3) is 0.190. The van der Waals surface area contributed by atoms with Crippen molar-refractivity contribution in [1.29, 1.82) is 0 Å². The zero-order chi connectivity index (χ0) is 20.4. The maximum absolute atomic E-state index is 10.8. The summed E-state index contributed by atoms with van der Waals surface area (Å²) in [6.07, 6.45) is 0. The molecule has 29 heavy (non-hydrogen) atoms. The number of nitro benzene ring substituents is 1. The molecule has 3 aromatic rings. The molecule has 1 heterocycles. The van der Waals surface area contributed by atoms with E-state index in [1.807, 2.05) is 36.4 Å². The lowest BCUT2D eigenvalue weighted by Gasteiger charge is -2.34. The highest BCUT2D eigenvalue weighted by atomic mass is 32.1. The molecular weight excluding hydrogens is 390 g/mol. The number of aliphatic hydroxyl groups is 1. The van der Waals surface area contributed by atoms with Gasteiger partial charge < -0.3 is 20.5 Å². The Morgan fingerprint density at radius 3 is 2.66 bits per heavy atom. The van der Waals surface area contributed by atoms with Crippen LogP contribution in [0, 0.1) is 16.0 Å². The second-order valence-electron chi connectivity index (χ2n) is 6.83. The molecule has 0 amide bonds. The third kappa shape index (κ3) is 3.85. The Morgan fingerprint density at radius 2 is 1.93 bits per heavy atom. The van der Waals surface area contributed by atoms with E-state index in [1.165, 1.54) is 12.1 Å². The summed E-state index contributed by atoms with van der Waals surface area (Å²) in [6.45, 7) is 0.320. The van der Waals surface area contributed by atoms with Crippen molar-refractivity contribution in [3.63, 3.8) is 0 Å². The number of fused-ring (bicyclic) bond motifs is 3. The topological polar surface area (TPSA) is 96.7 Å². The first-order valence-corrected chi connectivity index (χ1v) is 9.55. The molecule has 0 fully saturated rings. The van der Waals surface area contributed by atoms with Crippen LogP contribution < -0.4 is 15.4 Å². The van der Waals surface area contributed by atoms with Gasteiger partial charge in [0.1, 0.15) is 5.75 Å². The minimum Gasteiger partial charge on any atom is -0.493 e. The Kier molecular flexibility index (Phi) is 5.28. The lowest BCUT2D eigenvalue weighted by molar-refractivity contribution is -0.384.